The summed E-state index contributed by atoms with van der Waals surface area (Å²) in [7, 11) is 0. The van der Waals surface area contributed by atoms with Gasteiger partial charge in [0.05, 0.1) is 13.2 Å². The summed E-state index contributed by atoms with van der Waals surface area (Å²) in [5, 5.41) is 9.56. The van der Waals surface area contributed by atoms with E-state index in [1.54, 1.807) is 11.0 Å². The van der Waals surface area contributed by atoms with E-state index in [2.05, 4.69) is 57.7 Å². The van der Waals surface area contributed by atoms with E-state index < -0.39 is 0 Å². The molecule has 1 unspecified atom stereocenters. The number of amides is 1. The fourth-order valence-corrected chi connectivity index (χ4v) is 4.78. The fourth-order valence-electron chi connectivity index (χ4n) is 4.78. The van der Waals surface area contributed by atoms with Gasteiger partial charge < -0.3 is 14.5 Å². The van der Waals surface area contributed by atoms with Crippen molar-refractivity contribution in [3.05, 3.63) is 34.9 Å². The first kappa shape index (κ1) is 20.4. The number of rotatable bonds is 3. The highest BCUT2D eigenvalue weighted by molar-refractivity contribution is 6.01. The molecule has 28 heavy (non-hydrogen) atoms. The van der Waals surface area contributed by atoms with Gasteiger partial charge in [0.1, 0.15) is 11.6 Å². The molecule has 1 aromatic carbocycles. The lowest BCUT2D eigenvalue weighted by molar-refractivity contribution is -0.130. The van der Waals surface area contributed by atoms with Crippen LogP contribution in [0.2, 0.25) is 0 Å². The minimum atomic E-state index is -0.207. The molecule has 5 heteroatoms. The number of fused-ring (bicyclic) bond motifs is 1. The Bertz CT molecular complexity index is 814. The van der Waals surface area contributed by atoms with Gasteiger partial charge in [-0.3, -0.25) is 4.79 Å². The number of nitrogens with zero attached hydrogens (tertiary/aromatic N) is 3. The number of carbonyl (C=O) groups is 1. The van der Waals surface area contributed by atoms with Gasteiger partial charge in [-0.1, -0.05) is 13.0 Å². The van der Waals surface area contributed by atoms with Gasteiger partial charge in [-0.25, -0.2) is 0 Å². The van der Waals surface area contributed by atoms with Crippen LogP contribution in [0.25, 0.3) is 6.08 Å². The summed E-state index contributed by atoms with van der Waals surface area (Å²) in [6.07, 6.45) is 2.80. The summed E-state index contributed by atoms with van der Waals surface area (Å²) in [5.41, 5.74) is 3.74. The third-order valence-electron chi connectivity index (χ3n) is 5.78. The van der Waals surface area contributed by atoms with Gasteiger partial charge in [0.2, 0.25) is 0 Å². The lowest BCUT2D eigenvalue weighted by Gasteiger charge is -2.50. The largest absolute Gasteiger partial charge is 0.378 e. The molecule has 1 atom stereocenters. The van der Waals surface area contributed by atoms with Crippen LogP contribution in [-0.4, -0.2) is 48.7 Å². The highest BCUT2D eigenvalue weighted by atomic mass is 16.5. The van der Waals surface area contributed by atoms with Crippen molar-refractivity contribution < 1.29 is 9.53 Å². The topological polar surface area (TPSA) is 56.6 Å². The van der Waals surface area contributed by atoms with E-state index in [1.807, 2.05) is 6.07 Å². The maximum absolute atomic E-state index is 12.7. The maximum atomic E-state index is 12.7. The monoisotopic (exact) mass is 381 g/mol. The van der Waals surface area contributed by atoms with Crippen LogP contribution in [0, 0.1) is 11.3 Å². The maximum Gasteiger partial charge on any atom is 0.264 e. The molecule has 1 saturated heterocycles. The third-order valence-corrected chi connectivity index (χ3v) is 5.78. The Morgan fingerprint density at radius 1 is 1.32 bits per heavy atom. The van der Waals surface area contributed by atoms with Gasteiger partial charge >= 0.3 is 0 Å². The van der Waals surface area contributed by atoms with E-state index in [9.17, 15) is 10.1 Å². The van der Waals surface area contributed by atoms with E-state index >= 15 is 0 Å². The minimum Gasteiger partial charge on any atom is -0.378 e. The molecule has 1 amide bonds. The van der Waals surface area contributed by atoms with Crippen LogP contribution in [0.5, 0.6) is 0 Å². The number of ether oxygens (including phenoxy) is 1. The molecule has 0 saturated carbocycles. The van der Waals surface area contributed by atoms with Crippen LogP contribution in [0.4, 0.5) is 5.69 Å². The van der Waals surface area contributed by atoms with Gasteiger partial charge in [-0.2, -0.15) is 5.26 Å². The Hall–Kier alpha value is -2.32. The fraction of sp³-hybridized carbons (Fsp3) is 0.565. The summed E-state index contributed by atoms with van der Waals surface area (Å²) in [6, 6.07) is 8.81. The van der Waals surface area contributed by atoms with Crippen molar-refractivity contribution in [2.75, 3.05) is 31.2 Å². The molecule has 5 nitrogen and oxygen atoms in total. The van der Waals surface area contributed by atoms with Gasteiger partial charge in [0.25, 0.3) is 5.91 Å². The molecule has 150 valence electrons. The Labute approximate surface area is 168 Å². The number of benzene rings is 1. The van der Waals surface area contributed by atoms with Gasteiger partial charge in [-0.05, 0) is 69.4 Å². The van der Waals surface area contributed by atoms with Crippen molar-refractivity contribution >= 4 is 17.7 Å². The van der Waals surface area contributed by atoms with Crippen molar-refractivity contribution in [2.24, 2.45) is 0 Å². The lowest BCUT2D eigenvalue weighted by atomic mass is 9.79. The van der Waals surface area contributed by atoms with Gasteiger partial charge in [0.15, 0.2) is 0 Å². The molecule has 2 aliphatic heterocycles. The molecule has 0 spiro atoms. The van der Waals surface area contributed by atoms with Crippen LogP contribution in [0.1, 0.15) is 58.1 Å². The molecule has 1 aromatic rings. The van der Waals surface area contributed by atoms with Crippen LogP contribution >= 0.6 is 0 Å². The Kier molecular flexibility index (Phi) is 5.81. The summed E-state index contributed by atoms with van der Waals surface area (Å²) in [6.45, 7) is 13.5. The number of morpholine rings is 1. The molecule has 0 N–H and O–H groups in total. The minimum absolute atomic E-state index is 0.0993. The summed E-state index contributed by atoms with van der Waals surface area (Å²) >= 11 is 0. The highest BCUT2D eigenvalue weighted by Crippen LogP contribution is 2.44. The first-order chi connectivity index (χ1) is 13.2. The molecule has 2 aliphatic rings. The predicted molar refractivity (Wildman–Crippen MR) is 112 cm³/mol. The first-order valence-electron chi connectivity index (χ1n) is 10.2. The van der Waals surface area contributed by atoms with Crippen molar-refractivity contribution in [3.8, 4) is 6.07 Å². The molecular weight excluding hydrogens is 350 g/mol. The predicted octanol–water partition coefficient (Wildman–Crippen LogP) is 3.95. The van der Waals surface area contributed by atoms with E-state index in [-0.39, 0.29) is 17.0 Å². The second kappa shape index (κ2) is 7.97. The second-order valence-corrected chi connectivity index (χ2v) is 8.77. The third kappa shape index (κ3) is 3.93. The number of anilines is 1. The van der Waals surface area contributed by atoms with Crippen molar-refractivity contribution in [1.29, 1.82) is 5.26 Å². The average molecular weight is 382 g/mol. The SMILES string of the molecule is CC1CC(C)(C)N(C(C)C)c2ccc(/C=C(/C#N)C(=O)N3CCOCC3)cc21. The van der Waals surface area contributed by atoms with E-state index in [1.165, 1.54) is 11.3 Å². The van der Waals surface area contributed by atoms with Crippen molar-refractivity contribution in [2.45, 2.75) is 58.5 Å². The first-order valence-corrected chi connectivity index (χ1v) is 10.2. The Balaban J connectivity index is 1.94. The summed E-state index contributed by atoms with van der Waals surface area (Å²) < 4.78 is 5.30. The molecule has 1 fully saturated rings. The zero-order valence-corrected chi connectivity index (χ0v) is 17.7. The number of hydrogen-bond acceptors (Lipinski definition) is 4. The quantitative estimate of drug-likeness (QED) is 0.588. The number of hydrogen-bond donors (Lipinski definition) is 0. The molecule has 0 aromatic heterocycles. The van der Waals surface area contributed by atoms with Crippen molar-refractivity contribution in [1.82, 2.24) is 4.90 Å². The second-order valence-electron chi connectivity index (χ2n) is 8.77. The van der Waals surface area contributed by atoms with E-state index in [4.69, 9.17) is 4.74 Å². The van der Waals surface area contributed by atoms with Crippen LogP contribution in [-0.2, 0) is 9.53 Å². The molecular formula is C23H31N3O2. The zero-order chi connectivity index (χ0) is 20.5. The van der Waals surface area contributed by atoms with E-state index in [0.29, 0.717) is 38.3 Å². The van der Waals surface area contributed by atoms with Gasteiger partial charge in [-0.15, -0.1) is 0 Å². The van der Waals surface area contributed by atoms with Crippen LogP contribution in [0.15, 0.2) is 23.8 Å². The average Bonchev–Trinajstić information content (AvgIpc) is 2.65. The molecule has 0 radical (unpaired) electrons. The normalized spacial score (nSPS) is 22.0. The van der Waals surface area contributed by atoms with E-state index in [0.717, 1.165) is 12.0 Å². The molecule has 2 heterocycles. The van der Waals surface area contributed by atoms with Crippen LogP contribution < -0.4 is 4.90 Å². The Morgan fingerprint density at radius 3 is 2.61 bits per heavy atom. The zero-order valence-electron chi connectivity index (χ0n) is 17.7. The molecule has 0 aliphatic carbocycles. The van der Waals surface area contributed by atoms with Crippen molar-refractivity contribution in [3.63, 3.8) is 0 Å². The molecule has 0 bridgehead atoms. The van der Waals surface area contributed by atoms with Crippen LogP contribution in [0.3, 0.4) is 0 Å². The summed E-state index contributed by atoms with van der Waals surface area (Å²) in [4.78, 5) is 16.9. The number of nitriles is 1. The van der Waals surface area contributed by atoms with Gasteiger partial charge in [0, 0.05) is 30.4 Å². The lowest BCUT2D eigenvalue weighted by Crippen LogP contribution is -2.51. The smallest absolute Gasteiger partial charge is 0.264 e. The Morgan fingerprint density at radius 2 is 2.00 bits per heavy atom. The molecule has 3 rings (SSSR count). The standard InChI is InChI=1S/C23H31N3O2/c1-16(2)26-21-7-6-18(13-20(21)17(3)14-23(26,4)5)12-19(15-24)22(27)25-8-10-28-11-9-25/h6-7,12-13,16-17H,8-11,14H2,1-5H3/b19-12-. The number of carbonyl (C=O) groups excluding carboxylic acids is 1. The highest BCUT2D eigenvalue weighted by Gasteiger charge is 2.37. The summed E-state index contributed by atoms with van der Waals surface area (Å²) in [5.74, 6) is 0.218.